The van der Waals surface area contributed by atoms with E-state index in [-0.39, 0.29) is 0 Å². The van der Waals surface area contributed by atoms with Gasteiger partial charge in [-0.1, -0.05) is 5.16 Å². The molecule has 1 unspecified atom stereocenters. The van der Waals surface area contributed by atoms with E-state index in [1.165, 1.54) is 12.8 Å². The lowest BCUT2D eigenvalue weighted by Gasteiger charge is -2.10. The number of nitrogens with one attached hydrogen (secondary N) is 1. The third-order valence-corrected chi connectivity index (χ3v) is 2.79. The molecule has 0 saturated heterocycles. The van der Waals surface area contributed by atoms with Gasteiger partial charge in [0.2, 0.25) is 0 Å². The summed E-state index contributed by atoms with van der Waals surface area (Å²) in [6.07, 6.45) is 3.50. The summed E-state index contributed by atoms with van der Waals surface area (Å²) < 4.78 is 5.27. The zero-order valence-electron chi connectivity index (χ0n) is 9.20. The predicted octanol–water partition coefficient (Wildman–Crippen LogP) is 1.38. The zero-order valence-corrected chi connectivity index (χ0v) is 9.20. The predicted molar refractivity (Wildman–Crippen MR) is 58.5 cm³/mol. The molecule has 0 amide bonds. The van der Waals surface area contributed by atoms with Gasteiger partial charge in [0.05, 0.1) is 5.69 Å². The van der Waals surface area contributed by atoms with Crippen molar-refractivity contribution in [3.63, 3.8) is 0 Å². The highest BCUT2D eigenvalue weighted by molar-refractivity contribution is 5.14. The number of rotatable bonds is 6. The molecule has 2 rings (SSSR count). The van der Waals surface area contributed by atoms with Crippen molar-refractivity contribution in [2.24, 2.45) is 5.73 Å². The third kappa shape index (κ3) is 3.04. The first kappa shape index (κ1) is 10.6. The number of aromatic nitrogens is 1. The van der Waals surface area contributed by atoms with Gasteiger partial charge in [0.1, 0.15) is 5.76 Å². The molecule has 15 heavy (non-hydrogen) atoms. The van der Waals surface area contributed by atoms with Gasteiger partial charge in [0, 0.05) is 24.6 Å². The minimum Gasteiger partial charge on any atom is -0.361 e. The SMILES string of the molecule is CC(CCN)NCc1cc(C2CC2)on1. The number of hydrogen-bond acceptors (Lipinski definition) is 4. The zero-order chi connectivity index (χ0) is 10.7. The van der Waals surface area contributed by atoms with Gasteiger partial charge in [-0.15, -0.1) is 0 Å². The highest BCUT2D eigenvalue weighted by atomic mass is 16.5. The first-order valence-electron chi connectivity index (χ1n) is 5.68. The van der Waals surface area contributed by atoms with E-state index in [1.807, 2.05) is 0 Å². The van der Waals surface area contributed by atoms with Crippen LogP contribution in [-0.4, -0.2) is 17.7 Å². The Hall–Kier alpha value is -0.870. The molecule has 0 aromatic carbocycles. The summed E-state index contributed by atoms with van der Waals surface area (Å²) in [7, 11) is 0. The quantitative estimate of drug-likeness (QED) is 0.743. The van der Waals surface area contributed by atoms with Crippen LogP contribution in [0.4, 0.5) is 0 Å². The number of nitrogens with zero attached hydrogens (tertiary/aromatic N) is 1. The van der Waals surface area contributed by atoms with E-state index < -0.39 is 0 Å². The second-order valence-corrected chi connectivity index (χ2v) is 4.35. The second kappa shape index (κ2) is 4.77. The molecule has 3 N–H and O–H groups in total. The molecule has 1 saturated carbocycles. The summed E-state index contributed by atoms with van der Waals surface area (Å²) in [6.45, 7) is 3.63. The first-order valence-corrected chi connectivity index (χ1v) is 5.68. The van der Waals surface area contributed by atoms with E-state index in [9.17, 15) is 0 Å². The molecule has 84 valence electrons. The molecule has 1 aliphatic carbocycles. The molecule has 1 aromatic rings. The maximum absolute atomic E-state index is 5.48. The van der Waals surface area contributed by atoms with Crippen LogP contribution in [0, 0.1) is 0 Å². The topological polar surface area (TPSA) is 64.1 Å². The van der Waals surface area contributed by atoms with Gasteiger partial charge in [-0.05, 0) is 32.7 Å². The van der Waals surface area contributed by atoms with E-state index in [4.69, 9.17) is 10.3 Å². The van der Waals surface area contributed by atoms with Gasteiger partial charge in [0.25, 0.3) is 0 Å². The fourth-order valence-corrected chi connectivity index (χ4v) is 1.60. The van der Waals surface area contributed by atoms with Crippen molar-refractivity contribution < 1.29 is 4.52 Å². The molecular weight excluding hydrogens is 190 g/mol. The van der Waals surface area contributed by atoms with Crippen molar-refractivity contribution in [3.05, 3.63) is 17.5 Å². The van der Waals surface area contributed by atoms with Crippen LogP contribution in [-0.2, 0) is 6.54 Å². The normalized spacial score (nSPS) is 18.0. The largest absolute Gasteiger partial charge is 0.361 e. The van der Waals surface area contributed by atoms with Gasteiger partial charge < -0.3 is 15.6 Å². The van der Waals surface area contributed by atoms with Gasteiger partial charge in [0.15, 0.2) is 0 Å². The Kier molecular flexibility index (Phi) is 3.38. The third-order valence-electron chi connectivity index (χ3n) is 2.79. The summed E-state index contributed by atoms with van der Waals surface area (Å²) in [5.41, 5.74) is 6.48. The summed E-state index contributed by atoms with van der Waals surface area (Å²) in [5, 5.41) is 7.41. The van der Waals surface area contributed by atoms with Crippen LogP contribution in [0.2, 0.25) is 0 Å². The van der Waals surface area contributed by atoms with Crippen molar-refractivity contribution in [2.45, 2.75) is 44.7 Å². The van der Waals surface area contributed by atoms with Crippen molar-refractivity contribution in [3.8, 4) is 0 Å². The van der Waals surface area contributed by atoms with E-state index in [2.05, 4.69) is 23.5 Å². The van der Waals surface area contributed by atoms with Crippen LogP contribution >= 0.6 is 0 Å². The first-order chi connectivity index (χ1) is 7.29. The molecule has 1 heterocycles. The highest BCUT2D eigenvalue weighted by Crippen LogP contribution is 2.40. The van der Waals surface area contributed by atoms with Crippen LogP contribution in [0.15, 0.2) is 10.6 Å². The molecule has 1 aromatic heterocycles. The second-order valence-electron chi connectivity index (χ2n) is 4.35. The molecule has 0 bridgehead atoms. The van der Waals surface area contributed by atoms with E-state index in [0.29, 0.717) is 12.0 Å². The smallest absolute Gasteiger partial charge is 0.140 e. The average Bonchev–Trinajstić information content (AvgIpc) is 2.96. The van der Waals surface area contributed by atoms with Crippen LogP contribution in [0.1, 0.15) is 43.6 Å². The van der Waals surface area contributed by atoms with E-state index in [1.54, 1.807) is 0 Å². The summed E-state index contributed by atoms with van der Waals surface area (Å²) in [5.74, 6) is 1.70. The van der Waals surface area contributed by atoms with Crippen LogP contribution < -0.4 is 11.1 Å². The maximum Gasteiger partial charge on any atom is 0.140 e. The molecule has 4 nitrogen and oxygen atoms in total. The van der Waals surface area contributed by atoms with Crippen molar-refractivity contribution in [1.82, 2.24) is 10.5 Å². The van der Waals surface area contributed by atoms with Crippen LogP contribution in [0.3, 0.4) is 0 Å². The summed E-state index contributed by atoms with van der Waals surface area (Å²) >= 11 is 0. The standard InChI is InChI=1S/C11H19N3O/c1-8(4-5-12)13-7-10-6-11(15-14-10)9-2-3-9/h6,8-9,13H,2-5,7,12H2,1H3. The Morgan fingerprint density at radius 2 is 2.47 bits per heavy atom. The lowest BCUT2D eigenvalue weighted by atomic mass is 10.2. The van der Waals surface area contributed by atoms with Gasteiger partial charge >= 0.3 is 0 Å². The number of hydrogen-bond donors (Lipinski definition) is 2. The Bertz CT molecular complexity index is 307. The average molecular weight is 209 g/mol. The minimum absolute atomic E-state index is 0.441. The van der Waals surface area contributed by atoms with Crippen molar-refractivity contribution >= 4 is 0 Å². The molecule has 1 atom stereocenters. The molecule has 1 aliphatic rings. The number of nitrogens with two attached hydrogens (primary N) is 1. The fourth-order valence-electron chi connectivity index (χ4n) is 1.60. The monoisotopic (exact) mass is 209 g/mol. The molecular formula is C11H19N3O. The molecule has 4 heteroatoms. The minimum atomic E-state index is 0.441. The summed E-state index contributed by atoms with van der Waals surface area (Å²) in [4.78, 5) is 0. The molecule has 0 spiro atoms. The lowest BCUT2D eigenvalue weighted by molar-refractivity contribution is 0.374. The Morgan fingerprint density at radius 1 is 1.67 bits per heavy atom. The van der Waals surface area contributed by atoms with Gasteiger partial charge in [-0.3, -0.25) is 0 Å². The fraction of sp³-hybridized carbons (Fsp3) is 0.727. The van der Waals surface area contributed by atoms with Gasteiger partial charge in [-0.25, -0.2) is 0 Å². The Labute approximate surface area is 90.2 Å². The maximum atomic E-state index is 5.48. The lowest BCUT2D eigenvalue weighted by Crippen LogP contribution is -2.27. The van der Waals surface area contributed by atoms with E-state index in [0.717, 1.165) is 31.0 Å². The molecule has 0 aliphatic heterocycles. The van der Waals surface area contributed by atoms with Crippen LogP contribution in [0.25, 0.3) is 0 Å². The molecule has 0 radical (unpaired) electrons. The van der Waals surface area contributed by atoms with E-state index >= 15 is 0 Å². The van der Waals surface area contributed by atoms with Crippen molar-refractivity contribution in [2.75, 3.05) is 6.54 Å². The van der Waals surface area contributed by atoms with Gasteiger partial charge in [-0.2, -0.15) is 0 Å². The highest BCUT2D eigenvalue weighted by Gasteiger charge is 2.27. The Morgan fingerprint density at radius 3 is 3.13 bits per heavy atom. The Balaban J connectivity index is 1.77. The molecule has 1 fully saturated rings. The summed E-state index contributed by atoms with van der Waals surface area (Å²) in [6, 6.07) is 2.51. The van der Waals surface area contributed by atoms with Crippen LogP contribution in [0.5, 0.6) is 0 Å². The van der Waals surface area contributed by atoms with Crippen molar-refractivity contribution in [1.29, 1.82) is 0 Å².